The van der Waals surface area contributed by atoms with Gasteiger partial charge in [-0.05, 0) is 37.8 Å². The lowest BCUT2D eigenvalue weighted by molar-refractivity contribution is -0.150. The number of alkyl carbamates (subject to hydrolysis) is 1. The smallest absolute Gasteiger partial charge is 0.407 e. The van der Waals surface area contributed by atoms with Crippen LogP contribution in [0.3, 0.4) is 0 Å². The molecule has 1 unspecified atom stereocenters. The summed E-state index contributed by atoms with van der Waals surface area (Å²) in [6.45, 7) is 7.99. The summed E-state index contributed by atoms with van der Waals surface area (Å²) >= 11 is 1.48. The maximum atomic E-state index is 13.7. The van der Waals surface area contributed by atoms with Gasteiger partial charge in [-0.1, -0.05) is 66.7 Å². The Morgan fingerprint density at radius 2 is 1.76 bits per heavy atom. The summed E-state index contributed by atoms with van der Waals surface area (Å²) in [6.07, 6.45) is 0.0171. The van der Waals surface area contributed by atoms with Crippen molar-refractivity contribution in [1.29, 1.82) is 0 Å². The molecule has 1 aliphatic rings. The van der Waals surface area contributed by atoms with E-state index in [1.165, 1.54) is 16.7 Å². The van der Waals surface area contributed by atoms with Gasteiger partial charge < -0.3 is 25.0 Å². The monoisotopic (exact) mass is 539 g/mol. The fourth-order valence-corrected chi connectivity index (χ4v) is 5.54. The number of aliphatic hydroxyl groups excluding tert-OH is 1. The molecule has 3 rings (SSSR count). The number of nitrogens with zero attached hydrogens (tertiary/aromatic N) is 2. The van der Waals surface area contributed by atoms with E-state index in [0.717, 1.165) is 11.1 Å². The van der Waals surface area contributed by atoms with Crippen molar-refractivity contribution in [3.63, 3.8) is 0 Å². The average Bonchev–Trinajstić information content (AvgIpc) is 3.22. The lowest BCUT2D eigenvalue weighted by Gasteiger charge is -2.35. The standard InChI is InChI=1S/C29H37N3O5S/c1-5-6-17-37-28(36)30-23(18-21-13-9-7-10-14-21)24(33)26(34)32-20-38-29(2,3)25(32)27(35)31(4)19-22-15-11-8-12-16-22/h5,7-16,23-25,33H,1,6,17-20H2,2-4H3,(H,30,36)/t23-,24-,25?/m0/s1. The minimum absolute atomic E-state index is 0.138. The Labute approximate surface area is 229 Å². The van der Waals surface area contributed by atoms with Gasteiger partial charge in [0, 0.05) is 18.3 Å². The molecule has 1 heterocycles. The summed E-state index contributed by atoms with van der Waals surface area (Å²) in [6, 6.07) is 17.2. The van der Waals surface area contributed by atoms with Crippen LogP contribution >= 0.6 is 11.8 Å². The van der Waals surface area contributed by atoms with Gasteiger partial charge in [0.05, 0.1) is 18.5 Å². The molecule has 0 radical (unpaired) electrons. The molecular formula is C29H37N3O5S. The number of carbonyl (C=O) groups excluding carboxylic acids is 3. The first-order valence-electron chi connectivity index (χ1n) is 12.6. The minimum Gasteiger partial charge on any atom is -0.449 e. The number of carbonyl (C=O) groups is 3. The normalized spacial score (nSPS) is 17.8. The zero-order valence-corrected chi connectivity index (χ0v) is 23.0. The van der Waals surface area contributed by atoms with Gasteiger partial charge in [-0.15, -0.1) is 18.3 Å². The zero-order valence-electron chi connectivity index (χ0n) is 22.2. The Kier molecular flexibility index (Phi) is 10.4. The molecule has 0 saturated carbocycles. The molecule has 2 N–H and O–H groups in total. The predicted octanol–water partition coefficient (Wildman–Crippen LogP) is 3.60. The molecule has 2 aromatic rings. The van der Waals surface area contributed by atoms with Crippen LogP contribution in [0.5, 0.6) is 0 Å². The van der Waals surface area contributed by atoms with Crippen molar-refractivity contribution < 1.29 is 24.2 Å². The van der Waals surface area contributed by atoms with Crippen molar-refractivity contribution in [2.45, 2.75) is 56.2 Å². The van der Waals surface area contributed by atoms with E-state index in [-0.39, 0.29) is 24.8 Å². The summed E-state index contributed by atoms with van der Waals surface area (Å²) in [5.41, 5.74) is 1.81. The van der Waals surface area contributed by atoms with E-state index in [1.54, 1.807) is 18.0 Å². The van der Waals surface area contributed by atoms with E-state index in [1.807, 2.05) is 74.5 Å². The molecule has 8 nitrogen and oxygen atoms in total. The number of thioether (sulfide) groups is 1. The van der Waals surface area contributed by atoms with Crippen LogP contribution in [0.1, 0.15) is 31.4 Å². The van der Waals surface area contributed by atoms with Gasteiger partial charge in [0.25, 0.3) is 5.91 Å². The molecule has 3 amide bonds. The first-order chi connectivity index (χ1) is 18.1. The van der Waals surface area contributed by atoms with Crippen LogP contribution in [-0.4, -0.2) is 75.3 Å². The third-order valence-corrected chi connectivity index (χ3v) is 7.87. The Bertz CT molecular complexity index is 1100. The van der Waals surface area contributed by atoms with Crippen LogP contribution in [-0.2, 0) is 27.3 Å². The van der Waals surface area contributed by atoms with Crippen molar-refractivity contribution in [2.75, 3.05) is 19.5 Å². The third kappa shape index (κ3) is 7.61. The van der Waals surface area contributed by atoms with Gasteiger partial charge in [-0.25, -0.2) is 4.79 Å². The number of amides is 3. The first-order valence-corrected chi connectivity index (χ1v) is 13.6. The Hall–Kier alpha value is -3.30. The van der Waals surface area contributed by atoms with Gasteiger partial charge in [-0.2, -0.15) is 0 Å². The first kappa shape index (κ1) is 29.3. The Balaban J connectivity index is 1.79. The number of hydrogen-bond donors (Lipinski definition) is 2. The van der Waals surface area contributed by atoms with Crippen molar-refractivity contribution in [2.24, 2.45) is 0 Å². The van der Waals surface area contributed by atoms with E-state index in [4.69, 9.17) is 4.74 Å². The fraction of sp³-hybridized carbons (Fsp3) is 0.414. The molecule has 1 aliphatic heterocycles. The highest BCUT2D eigenvalue weighted by Gasteiger charge is 2.50. The molecule has 0 bridgehead atoms. The second-order valence-corrected chi connectivity index (χ2v) is 11.5. The van der Waals surface area contributed by atoms with Crippen molar-refractivity contribution in [3.05, 3.63) is 84.4 Å². The van der Waals surface area contributed by atoms with Crippen molar-refractivity contribution >= 4 is 29.7 Å². The number of nitrogens with one attached hydrogen (secondary N) is 1. The molecule has 0 spiro atoms. The summed E-state index contributed by atoms with van der Waals surface area (Å²) in [5.74, 6) is -0.567. The van der Waals surface area contributed by atoms with E-state index in [2.05, 4.69) is 11.9 Å². The summed E-state index contributed by atoms with van der Waals surface area (Å²) in [5, 5.41) is 13.9. The molecule has 0 aromatic heterocycles. The Morgan fingerprint density at radius 1 is 1.16 bits per heavy atom. The topological polar surface area (TPSA) is 99.2 Å². The highest BCUT2D eigenvalue weighted by atomic mass is 32.2. The van der Waals surface area contributed by atoms with Gasteiger partial charge >= 0.3 is 6.09 Å². The molecule has 38 heavy (non-hydrogen) atoms. The Morgan fingerprint density at radius 3 is 2.37 bits per heavy atom. The van der Waals surface area contributed by atoms with E-state index >= 15 is 0 Å². The van der Waals surface area contributed by atoms with Crippen LogP contribution in [0, 0.1) is 0 Å². The molecule has 9 heteroatoms. The largest absolute Gasteiger partial charge is 0.449 e. The maximum absolute atomic E-state index is 13.7. The number of rotatable bonds is 11. The molecule has 2 aromatic carbocycles. The third-order valence-electron chi connectivity index (χ3n) is 6.49. The molecule has 3 atom stereocenters. The van der Waals surface area contributed by atoms with Crippen LogP contribution < -0.4 is 5.32 Å². The highest BCUT2D eigenvalue weighted by Crippen LogP contribution is 2.40. The summed E-state index contributed by atoms with van der Waals surface area (Å²) in [4.78, 5) is 42.8. The lowest BCUT2D eigenvalue weighted by atomic mass is 9.97. The van der Waals surface area contributed by atoms with Gasteiger partial charge in [0.1, 0.15) is 6.04 Å². The van der Waals surface area contributed by atoms with Crippen LogP contribution in [0.4, 0.5) is 4.79 Å². The molecule has 1 fully saturated rings. The van der Waals surface area contributed by atoms with Crippen LogP contribution in [0.2, 0.25) is 0 Å². The summed E-state index contributed by atoms with van der Waals surface area (Å²) < 4.78 is 4.60. The molecule has 0 aliphatic carbocycles. The number of hydrogen-bond acceptors (Lipinski definition) is 6. The molecular weight excluding hydrogens is 502 g/mol. The predicted molar refractivity (Wildman–Crippen MR) is 149 cm³/mol. The highest BCUT2D eigenvalue weighted by molar-refractivity contribution is 8.00. The maximum Gasteiger partial charge on any atom is 0.407 e. The summed E-state index contributed by atoms with van der Waals surface area (Å²) in [7, 11) is 1.71. The van der Waals surface area contributed by atoms with Crippen LogP contribution in [0.25, 0.3) is 0 Å². The van der Waals surface area contributed by atoms with E-state index in [0.29, 0.717) is 13.0 Å². The van der Waals surface area contributed by atoms with Gasteiger partial charge in [0.15, 0.2) is 6.10 Å². The number of benzene rings is 2. The van der Waals surface area contributed by atoms with Crippen molar-refractivity contribution in [3.8, 4) is 0 Å². The van der Waals surface area contributed by atoms with E-state index < -0.39 is 34.9 Å². The number of likely N-dealkylation sites (N-methyl/N-ethyl adjacent to an activating group) is 1. The van der Waals surface area contributed by atoms with Gasteiger partial charge in [-0.3, -0.25) is 9.59 Å². The quantitative estimate of drug-likeness (QED) is 0.335. The second kappa shape index (κ2) is 13.5. The number of aliphatic hydroxyl groups is 1. The molecule has 204 valence electrons. The number of ether oxygens (including phenoxy) is 1. The lowest BCUT2D eigenvalue weighted by Crippen LogP contribution is -2.58. The van der Waals surface area contributed by atoms with Gasteiger partial charge in [0.2, 0.25) is 5.91 Å². The molecule has 1 saturated heterocycles. The zero-order chi connectivity index (χ0) is 27.7. The van der Waals surface area contributed by atoms with Crippen LogP contribution in [0.15, 0.2) is 73.3 Å². The fourth-order valence-electron chi connectivity index (χ4n) is 4.41. The minimum atomic E-state index is -1.58. The second-order valence-electron chi connectivity index (χ2n) is 9.87. The average molecular weight is 540 g/mol. The van der Waals surface area contributed by atoms with Crippen molar-refractivity contribution in [1.82, 2.24) is 15.1 Å². The van der Waals surface area contributed by atoms with E-state index in [9.17, 15) is 19.5 Å². The SMILES string of the molecule is C=CCCOC(=O)N[C@@H](Cc1ccccc1)[C@H](O)C(=O)N1CSC(C)(C)C1C(=O)N(C)Cc1ccccc1.